The quantitative estimate of drug-likeness (QED) is 0.515. The largest absolute Gasteiger partial charge is 0.454 e. The molecule has 1 aliphatic carbocycles. The van der Waals surface area contributed by atoms with Crippen LogP contribution in [-0.4, -0.2) is 46.5 Å². The van der Waals surface area contributed by atoms with E-state index < -0.39 is 10.0 Å². The van der Waals surface area contributed by atoms with Crippen molar-refractivity contribution in [2.24, 2.45) is 0 Å². The first-order valence-corrected chi connectivity index (χ1v) is 12.5. The first-order valence-electron chi connectivity index (χ1n) is 10.0. The van der Waals surface area contributed by atoms with Crippen LogP contribution < -0.4 is 19.9 Å². The van der Waals surface area contributed by atoms with Gasteiger partial charge < -0.3 is 19.8 Å². The Morgan fingerprint density at radius 1 is 1.26 bits per heavy atom. The molecule has 0 bridgehead atoms. The number of nitrogens with two attached hydrogens (primary N) is 1. The minimum absolute atomic E-state index is 0.0668. The molecule has 1 fully saturated rings. The maximum atomic E-state index is 12.4. The van der Waals surface area contributed by atoms with E-state index >= 15 is 0 Å². The summed E-state index contributed by atoms with van der Waals surface area (Å²) in [6.45, 7) is 2.45. The van der Waals surface area contributed by atoms with Crippen molar-refractivity contribution < 1.29 is 17.9 Å². The van der Waals surface area contributed by atoms with E-state index in [9.17, 15) is 8.42 Å². The lowest BCUT2D eigenvalue weighted by atomic mass is 10.1. The van der Waals surface area contributed by atoms with Gasteiger partial charge >= 0.3 is 0 Å². The Hall–Kier alpha value is -2.57. The number of aromatic nitrogens is 4. The highest BCUT2D eigenvalue weighted by Crippen LogP contribution is 2.41. The fraction of sp³-hybridized carbons (Fsp3) is 0.421. The number of anilines is 1. The van der Waals surface area contributed by atoms with E-state index in [1.165, 1.54) is 18.1 Å². The van der Waals surface area contributed by atoms with Gasteiger partial charge in [0.25, 0.3) is 0 Å². The van der Waals surface area contributed by atoms with E-state index in [-0.39, 0.29) is 31.0 Å². The van der Waals surface area contributed by atoms with Gasteiger partial charge in [-0.15, -0.1) is 0 Å². The van der Waals surface area contributed by atoms with Crippen LogP contribution in [0, 0.1) is 0 Å². The molecule has 0 saturated heterocycles. The molecule has 3 heterocycles. The smallest absolute Gasteiger partial charge is 0.231 e. The van der Waals surface area contributed by atoms with Crippen LogP contribution in [0.3, 0.4) is 0 Å². The Kier molecular flexibility index (Phi) is 5.15. The molecule has 3 aromatic rings. The molecule has 5 rings (SSSR count). The molecule has 1 aliphatic heterocycles. The van der Waals surface area contributed by atoms with Gasteiger partial charge in [-0.05, 0) is 37.0 Å². The van der Waals surface area contributed by atoms with Gasteiger partial charge in [0.1, 0.15) is 6.33 Å². The van der Waals surface area contributed by atoms with Crippen LogP contribution in [0.1, 0.15) is 25.3 Å². The van der Waals surface area contributed by atoms with Crippen LogP contribution in [0.2, 0.25) is 0 Å². The maximum absolute atomic E-state index is 12.4. The summed E-state index contributed by atoms with van der Waals surface area (Å²) >= 11 is 1.42. The summed E-state index contributed by atoms with van der Waals surface area (Å²) < 4.78 is 40.4. The highest BCUT2D eigenvalue weighted by atomic mass is 32.2. The zero-order valence-corrected chi connectivity index (χ0v) is 18.5. The highest BCUT2D eigenvalue weighted by molar-refractivity contribution is 7.99. The van der Waals surface area contributed by atoms with Crippen LogP contribution in [0.25, 0.3) is 11.2 Å². The molecular formula is C19H22N6O4S2. The molecule has 31 heavy (non-hydrogen) atoms. The number of nitrogen functional groups attached to an aromatic ring is 1. The third kappa shape index (κ3) is 4.14. The van der Waals surface area contributed by atoms with Crippen molar-refractivity contribution in [1.82, 2.24) is 24.2 Å². The predicted molar refractivity (Wildman–Crippen MR) is 116 cm³/mol. The molecule has 2 aromatic heterocycles. The molecule has 0 spiro atoms. The Labute approximate surface area is 183 Å². The van der Waals surface area contributed by atoms with Gasteiger partial charge in [0.15, 0.2) is 33.6 Å². The number of sulfonamides is 1. The number of ether oxygens (including phenoxy) is 2. The Morgan fingerprint density at radius 2 is 2.03 bits per heavy atom. The van der Waals surface area contributed by atoms with Crippen molar-refractivity contribution in [3.05, 3.63) is 24.0 Å². The maximum Gasteiger partial charge on any atom is 0.231 e. The standard InChI is InChI=1S/C19H22N6O4S2/c1-2-11-7-13-14(29-10-28-13)8-15(11)30-19-23-16-17(20)21-9-22-18(16)25(19)5-6-31(26,27)24-12-3-4-12/h7-9,12,24H,2-6,10H2,1H3,(H2,20,21,22). The average molecular weight is 463 g/mol. The van der Waals surface area contributed by atoms with Crippen molar-refractivity contribution >= 4 is 38.8 Å². The van der Waals surface area contributed by atoms with Gasteiger partial charge in [-0.3, -0.25) is 0 Å². The Morgan fingerprint density at radius 3 is 2.77 bits per heavy atom. The average Bonchev–Trinajstić information content (AvgIpc) is 3.29. The third-order valence-corrected chi connectivity index (χ3v) is 7.68. The zero-order valence-electron chi connectivity index (χ0n) is 16.9. The second kappa shape index (κ2) is 7.84. The topological polar surface area (TPSA) is 134 Å². The summed E-state index contributed by atoms with van der Waals surface area (Å²) in [6.07, 6.45) is 3.93. The second-order valence-corrected chi connectivity index (χ2v) is 10.3. The minimum Gasteiger partial charge on any atom is -0.454 e. The molecule has 0 unspecified atom stereocenters. The van der Waals surface area contributed by atoms with E-state index in [0.29, 0.717) is 22.1 Å². The van der Waals surface area contributed by atoms with E-state index in [1.807, 2.05) is 12.1 Å². The molecule has 164 valence electrons. The highest BCUT2D eigenvalue weighted by Gasteiger charge is 2.27. The van der Waals surface area contributed by atoms with Gasteiger partial charge in [0, 0.05) is 17.5 Å². The number of hydrogen-bond donors (Lipinski definition) is 2. The van der Waals surface area contributed by atoms with E-state index in [0.717, 1.165) is 35.5 Å². The number of fused-ring (bicyclic) bond motifs is 2. The van der Waals surface area contributed by atoms with Gasteiger partial charge in [-0.25, -0.2) is 28.1 Å². The summed E-state index contributed by atoms with van der Waals surface area (Å²) in [4.78, 5) is 13.9. The van der Waals surface area contributed by atoms with Crippen molar-refractivity contribution in [1.29, 1.82) is 0 Å². The first kappa shape index (κ1) is 20.3. The van der Waals surface area contributed by atoms with E-state index in [4.69, 9.17) is 15.2 Å². The number of nitrogens with zero attached hydrogens (tertiary/aromatic N) is 4. The van der Waals surface area contributed by atoms with Gasteiger partial charge in [0.2, 0.25) is 16.8 Å². The lowest BCUT2D eigenvalue weighted by Gasteiger charge is -2.12. The van der Waals surface area contributed by atoms with Gasteiger partial charge in [0.05, 0.1) is 5.75 Å². The number of benzene rings is 1. The van der Waals surface area contributed by atoms with E-state index in [1.54, 1.807) is 4.57 Å². The summed E-state index contributed by atoms with van der Waals surface area (Å²) in [5, 5.41) is 0.595. The Balaban J connectivity index is 1.51. The monoisotopic (exact) mass is 462 g/mol. The molecule has 3 N–H and O–H groups in total. The number of aryl methyl sites for hydroxylation is 2. The van der Waals surface area contributed by atoms with Crippen LogP contribution >= 0.6 is 11.8 Å². The summed E-state index contributed by atoms with van der Waals surface area (Å²) in [7, 11) is -3.40. The van der Waals surface area contributed by atoms with Crippen LogP contribution in [-0.2, 0) is 23.0 Å². The lowest BCUT2D eigenvalue weighted by molar-refractivity contribution is 0.174. The second-order valence-electron chi connectivity index (χ2n) is 7.46. The molecular weight excluding hydrogens is 440 g/mol. The lowest BCUT2D eigenvalue weighted by Crippen LogP contribution is -2.30. The summed E-state index contributed by atoms with van der Waals surface area (Å²) in [5.41, 5.74) is 8.06. The molecule has 1 aromatic carbocycles. The normalized spacial score (nSPS) is 15.6. The van der Waals surface area contributed by atoms with Crippen LogP contribution in [0.4, 0.5) is 5.82 Å². The fourth-order valence-corrected chi connectivity index (χ4v) is 5.78. The molecule has 0 amide bonds. The van der Waals surface area contributed by atoms with Gasteiger partial charge in [-0.1, -0.05) is 18.7 Å². The molecule has 1 saturated carbocycles. The molecule has 10 nitrogen and oxygen atoms in total. The number of rotatable bonds is 8. The van der Waals surface area contributed by atoms with Crippen molar-refractivity contribution in [2.45, 2.75) is 48.8 Å². The van der Waals surface area contributed by atoms with Crippen molar-refractivity contribution in [3.8, 4) is 11.5 Å². The number of nitrogens with one attached hydrogen (secondary N) is 1. The fourth-order valence-electron chi connectivity index (χ4n) is 3.37. The minimum atomic E-state index is -3.40. The predicted octanol–water partition coefficient (Wildman–Crippen LogP) is 1.93. The van der Waals surface area contributed by atoms with Crippen LogP contribution in [0.15, 0.2) is 28.5 Å². The molecule has 2 aliphatic rings. The zero-order chi connectivity index (χ0) is 21.6. The summed E-state index contributed by atoms with van der Waals surface area (Å²) in [5.74, 6) is 1.58. The van der Waals surface area contributed by atoms with E-state index in [2.05, 4.69) is 26.6 Å². The Bertz CT molecular complexity index is 1260. The first-order chi connectivity index (χ1) is 14.9. The van der Waals surface area contributed by atoms with Crippen molar-refractivity contribution in [2.75, 3.05) is 18.3 Å². The molecule has 12 heteroatoms. The van der Waals surface area contributed by atoms with Crippen LogP contribution in [0.5, 0.6) is 11.5 Å². The molecule has 0 radical (unpaired) electrons. The third-order valence-electron chi connectivity index (χ3n) is 5.17. The number of hydrogen-bond acceptors (Lipinski definition) is 9. The molecule has 0 atom stereocenters. The van der Waals surface area contributed by atoms with Gasteiger partial charge in [-0.2, -0.15) is 0 Å². The SMILES string of the molecule is CCc1cc2c(cc1Sc1nc3c(N)ncnc3n1CCS(=O)(=O)NC1CC1)OCO2. The summed E-state index contributed by atoms with van der Waals surface area (Å²) in [6, 6.07) is 3.96. The number of imidazole rings is 1. The van der Waals surface area contributed by atoms with Crippen molar-refractivity contribution in [3.63, 3.8) is 0 Å².